The van der Waals surface area contributed by atoms with Crippen LogP contribution in [-0.2, 0) is 9.59 Å². The number of benzene rings is 1. The standard InChI is InChI=1S/C16H24N2O3/c1-5-16(4,21)10-17-14(19)15(20)18-13-8-6-7-12(9-13)11(2)3/h6-9,11,21H,5,10H2,1-4H3,(H,17,19)(H,18,20)/t16-/m1/s1. The van der Waals surface area contributed by atoms with Crippen molar-refractivity contribution in [2.75, 3.05) is 11.9 Å². The molecule has 116 valence electrons. The predicted octanol–water partition coefficient (Wildman–Crippen LogP) is 2.03. The smallest absolute Gasteiger partial charge is 0.313 e. The molecule has 0 unspecified atom stereocenters. The highest BCUT2D eigenvalue weighted by Crippen LogP contribution is 2.18. The molecular formula is C16H24N2O3. The van der Waals surface area contributed by atoms with Crippen molar-refractivity contribution in [2.45, 2.75) is 45.6 Å². The molecule has 2 amide bonds. The number of amides is 2. The van der Waals surface area contributed by atoms with E-state index >= 15 is 0 Å². The SMILES string of the molecule is CC[C@@](C)(O)CNC(=O)C(=O)Nc1cccc(C(C)C)c1. The lowest BCUT2D eigenvalue weighted by atomic mass is 10.0. The fraction of sp³-hybridized carbons (Fsp3) is 0.500. The van der Waals surface area contributed by atoms with E-state index in [1.165, 1.54) is 0 Å². The molecule has 0 saturated carbocycles. The maximum absolute atomic E-state index is 11.8. The molecule has 0 spiro atoms. The van der Waals surface area contributed by atoms with Crippen LogP contribution in [0.5, 0.6) is 0 Å². The van der Waals surface area contributed by atoms with Gasteiger partial charge in [0.1, 0.15) is 0 Å². The van der Waals surface area contributed by atoms with E-state index in [4.69, 9.17) is 0 Å². The first-order valence-corrected chi connectivity index (χ1v) is 7.16. The summed E-state index contributed by atoms with van der Waals surface area (Å²) in [5.41, 5.74) is 0.666. The molecule has 0 saturated heterocycles. The number of carbonyl (C=O) groups is 2. The Morgan fingerprint density at radius 1 is 1.29 bits per heavy atom. The average Bonchev–Trinajstić information content (AvgIpc) is 2.45. The van der Waals surface area contributed by atoms with Crippen LogP contribution in [0.3, 0.4) is 0 Å². The molecule has 0 heterocycles. The lowest BCUT2D eigenvalue weighted by Crippen LogP contribution is -2.44. The van der Waals surface area contributed by atoms with E-state index < -0.39 is 17.4 Å². The second-order valence-corrected chi connectivity index (χ2v) is 5.77. The normalized spacial score (nSPS) is 13.6. The number of carbonyl (C=O) groups excluding carboxylic acids is 2. The summed E-state index contributed by atoms with van der Waals surface area (Å²) in [6.45, 7) is 7.57. The van der Waals surface area contributed by atoms with E-state index in [0.717, 1.165) is 5.56 Å². The molecule has 0 fully saturated rings. The van der Waals surface area contributed by atoms with Crippen molar-refractivity contribution >= 4 is 17.5 Å². The number of rotatable bonds is 5. The molecule has 5 heteroatoms. The van der Waals surface area contributed by atoms with Crippen LogP contribution in [0.2, 0.25) is 0 Å². The minimum absolute atomic E-state index is 0.0434. The second-order valence-electron chi connectivity index (χ2n) is 5.77. The van der Waals surface area contributed by atoms with Crippen LogP contribution in [0, 0.1) is 0 Å². The summed E-state index contributed by atoms with van der Waals surface area (Å²) in [7, 11) is 0. The summed E-state index contributed by atoms with van der Waals surface area (Å²) >= 11 is 0. The Morgan fingerprint density at radius 2 is 1.95 bits per heavy atom. The first kappa shape index (κ1) is 17.2. The number of hydrogen-bond acceptors (Lipinski definition) is 3. The van der Waals surface area contributed by atoms with E-state index in [2.05, 4.69) is 24.5 Å². The zero-order valence-electron chi connectivity index (χ0n) is 13.1. The molecule has 0 bridgehead atoms. The number of anilines is 1. The molecule has 0 aromatic heterocycles. The van der Waals surface area contributed by atoms with Gasteiger partial charge in [-0.2, -0.15) is 0 Å². The van der Waals surface area contributed by atoms with Crippen LogP contribution in [-0.4, -0.2) is 29.1 Å². The Morgan fingerprint density at radius 3 is 2.52 bits per heavy atom. The molecule has 3 N–H and O–H groups in total. The molecule has 1 atom stereocenters. The Hall–Kier alpha value is -1.88. The maximum atomic E-state index is 11.8. The highest BCUT2D eigenvalue weighted by Gasteiger charge is 2.21. The molecule has 21 heavy (non-hydrogen) atoms. The number of aliphatic hydroxyl groups is 1. The number of nitrogens with one attached hydrogen (secondary N) is 2. The van der Waals surface area contributed by atoms with Crippen LogP contribution in [0.15, 0.2) is 24.3 Å². The van der Waals surface area contributed by atoms with Gasteiger partial charge in [0.15, 0.2) is 0 Å². The molecule has 0 aliphatic heterocycles. The Labute approximate surface area is 125 Å². The van der Waals surface area contributed by atoms with Gasteiger partial charge in [-0.05, 0) is 37.0 Å². The quantitative estimate of drug-likeness (QED) is 0.727. The fourth-order valence-electron chi connectivity index (χ4n) is 1.64. The minimum Gasteiger partial charge on any atom is -0.388 e. The topological polar surface area (TPSA) is 78.4 Å². The third-order valence-electron chi connectivity index (χ3n) is 3.41. The zero-order valence-corrected chi connectivity index (χ0v) is 13.1. The maximum Gasteiger partial charge on any atom is 0.313 e. The lowest BCUT2D eigenvalue weighted by Gasteiger charge is -2.21. The Kier molecular flexibility index (Phi) is 5.90. The zero-order chi connectivity index (χ0) is 16.0. The summed E-state index contributed by atoms with van der Waals surface area (Å²) in [5.74, 6) is -1.14. The third kappa shape index (κ3) is 5.55. The summed E-state index contributed by atoms with van der Waals surface area (Å²) < 4.78 is 0. The van der Waals surface area contributed by atoms with Crippen molar-refractivity contribution in [3.63, 3.8) is 0 Å². The molecular weight excluding hydrogens is 268 g/mol. The van der Waals surface area contributed by atoms with Gasteiger partial charge in [0, 0.05) is 12.2 Å². The van der Waals surface area contributed by atoms with E-state index in [9.17, 15) is 14.7 Å². The first-order chi connectivity index (χ1) is 9.75. The first-order valence-electron chi connectivity index (χ1n) is 7.16. The Bertz CT molecular complexity index is 510. The van der Waals surface area contributed by atoms with E-state index in [1.807, 2.05) is 25.1 Å². The molecule has 1 aromatic carbocycles. The summed E-state index contributed by atoms with van der Waals surface area (Å²) in [6, 6.07) is 7.39. The van der Waals surface area contributed by atoms with Crippen LogP contribution >= 0.6 is 0 Å². The highest BCUT2D eigenvalue weighted by atomic mass is 16.3. The molecule has 0 aliphatic rings. The molecule has 5 nitrogen and oxygen atoms in total. The largest absolute Gasteiger partial charge is 0.388 e. The second kappa shape index (κ2) is 7.22. The van der Waals surface area contributed by atoms with E-state index in [-0.39, 0.29) is 6.54 Å². The predicted molar refractivity (Wildman–Crippen MR) is 83.1 cm³/mol. The van der Waals surface area contributed by atoms with Gasteiger partial charge in [-0.3, -0.25) is 9.59 Å². The van der Waals surface area contributed by atoms with Crippen molar-refractivity contribution < 1.29 is 14.7 Å². The summed E-state index contributed by atoms with van der Waals surface area (Å²) in [4.78, 5) is 23.5. The van der Waals surface area contributed by atoms with Gasteiger partial charge in [-0.15, -0.1) is 0 Å². The summed E-state index contributed by atoms with van der Waals surface area (Å²) in [5, 5.41) is 14.8. The van der Waals surface area contributed by atoms with Gasteiger partial charge in [0.2, 0.25) is 0 Å². The van der Waals surface area contributed by atoms with Gasteiger partial charge in [0.25, 0.3) is 0 Å². The van der Waals surface area contributed by atoms with E-state index in [0.29, 0.717) is 18.0 Å². The monoisotopic (exact) mass is 292 g/mol. The van der Waals surface area contributed by atoms with Gasteiger partial charge >= 0.3 is 11.8 Å². The molecule has 0 radical (unpaired) electrons. The average molecular weight is 292 g/mol. The van der Waals surface area contributed by atoms with Gasteiger partial charge in [-0.25, -0.2) is 0 Å². The minimum atomic E-state index is -1.01. The van der Waals surface area contributed by atoms with Gasteiger partial charge < -0.3 is 15.7 Å². The highest BCUT2D eigenvalue weighted by molar-refractivity contribution is 6.39. The number of hydrogen-bond donors (Lipinski definition) is 3. The van der Waals surface area contributed by atoms with Crippen LogP contribution in [0.4, 0.5) is 5.69 Å². The summed E-state index contributed by atoms with van der Waals surface area (Å²) in [6.07, 6.45) is 0.491. The van der Waals surface area contributed by atoms with Gasteiger partial charge in [-0.1, -0.05) is 32.9 Å². The van der Waals surface area contributed by atoms with Crippen molar-refractivity contribution in [3.05, 3.63) is 29.8 Å². The van der Waals surface area contributed by atoms with Crippen molar-refractivity contribution in [1.29, 1.82) is 0 Å². The lowest BCUT2D eigenvalue weighted by molar-refractivity contribution is -0.136. The van der Waals surface area contributed by atoms with E-state index in [1.54, 1.807) is 13.0 Å². The van der Waals surface area contributed by atoms with Crippen LogP contribution in [0.1, 0.15) is 45.6 Å². The van der Waals surface area contributed by atoms with Crippen LogP contribution < -0.4 is 10.6 Å². The molecule has 1 aromatic rings. The van der Waals surface area contributed by atoms with Crippen LogP contribution in [0.25, 0.3) is 0 Å². The molecule has 0 aliphatic carbocycles. The third-order valence-corrected chi connectivity index (χ3v) is 3.41. The van der Waals surface area contributed by atoms with Crippen molar-refractivity contribution in [3.8, 4) is 0 Å². The van der Waals surface area contributed by atoms with Crippen molar-refractivity contribution in [1.82, 2.24) is 5.32 Å². The fourth-order valence-corrected chi connectivity index (χ4v) is 1.64. The van der Waals surface area contributed by atoms with Gasteiger partial charge in [0.05, 0.1) is 5.60 Å². The molecule has 1 rings (SSSR count). The Balaban J connectivity index is 2.60. The van der Waals surface area contributed by atoms with Crippen molar-refractivity contribution in [2.24, 2.45) is 0 Å².